The normalized spacial score (nSPS) is 24.4. The van der Waals surface area contributed by atoms with Gasteiger partial charge < -0.3 is 14.7 Å². The van der Waals surface area contributed by atoms with Crippen molar-refractivity contribution in [1.29, 1.82) is 0 Å². The molecular weight excluding hydrogens is 362 g/mol. The number of carbonyl (C=O) groups is 1. The van der Waals surface area contributed by atoms with Crippen molar-refractivity contribution in [2.75, 3.05) is 19.6 Å². The van der Waals surface area contributed by atoms with Crippen molar-refractivity contribution >= 4 is 5.97 Å². The van der Waals surface area contributed by atoms with Crippen molar-refractivity contribution in [3.8, 4) is 5.75 Å². The molecule has 1 saturated heterocycles. The van der Waals surface area contributed by atoms with Gasteiger partial charge in [-0.3, -0.25) is 4.79 Å². The summed E-state index contributed by atoms with van der Waals surface area (Å²) in [7, 11) is 0. The Morgan fingerprint density at radius 2 is 1.66 bits per heavy atom. The lowest BCUT2D eigenvalue weighted by atomic mass is 9.72. The fraction of sp³-hybridized carbons (Fsp3) is 0.720. The van der Waals surface area contributed by atoms with E-state index >= 15 is 0 Å². The molecule has 2 aliphatic rings. The number of likely N-dealkylation sites (tertiary alicyclic amines) is 1. The van der Waals surface area contributed by atoms with Crippen LogP contribution in [0.2, 0.25) is 0 Å². The third-order valence-corrected chi connectivity index (χ3v) is 7.01. The Kier molecular flexibility index (Phi) is 7.61. The SMILES string of the molecule is CC(C)(C)[C@H]1CC[C@H](Oc2ccc(C3CCN(CCCC(=O)O)CC3)cc2)CC1. The fourth-order valence-electron chi connectivity index (χ4n) is 5.00. The summed E-state index contributed by atoms with van der Waals surface area (Å²) in [5, 5.41) is 8.77. The molecule has 0 bridgehead atoms. The molecule has 0 atom stereocenters. The summed E-state index contributed by atoms with van der Waals surface area (Å²) >= 11 is 0. The van der Waals surface area contributed by atoms with Crippen LogP contribution >= 0.6 is 0 Å². The van der Waals surface area contributed by atoms with Gasteiger partial charge in [-0.05, 0) is 99.5 Å². The van der Waals surface area contributed by atoms with Gasteiger partial charge in [0.05, 0.1) is 6.10 Å². The number of hydrogen-bond acceptors (Lipinski definition) is 3. The molecule has 1 aliphatic heterocycles. The summed E-state index contributed by atoms with van der Waals surface area (Å²) < 4.78 is 6.28. The van der Waals surface area contributed by atoms with E-state index in [0.29, 0.717) is 17.4 Å². The lowest BCUT2D eigenvalue weighted by Gasteiger charge is -2.37. The Morgan fingerprint density at radius 1 is 1.03 bits per heavy atom. The van der Waals surface area contributed by atoms with Crippen molar-refractivity contribution in [3.63, 3.8) is 0 Å². The summed E-state index contributed by atoms with van der Waals surface area (Å²) in [6.45, 7) is 10.1. The zero-order valence-corrected chi connectivity index (χ0v) is 18.5. The van der Waals surface area contributed by atoms with E-state index in [1.54, 1.807) is 0 Å². The first kappa shape index (κ1) is 22.1. The molecule has 4 heteroatoms. The maximum Gasteiger partial charge on any atom is 0.303 e. The lowest BCUT2D eigenvalue weighted by molar-refractivity contribution is -0.137. The lowest BCUT2D eigenvalue weighted by Crippen LogP contribution is -2.33. The van der Waals surface area contributed by atoms with Crippen molar-refractivity contribution < 1.29 is 14.6 Å². The van der Waals surface area contributed by atoms with Gasteiger partial charge >= 0.3 is 5.97 Å². The Balaban J connectivity index is 1.41. The molecule has 0 radical (unpaired) electrons. The van der Waals surface area contributed by atoms with Crippen molar-refractivity contribution in [2.45, 2.75) is 84.2 Å². The number of nitrogens with zero attached hydrogens (tertiary/aromatic N) is 1. The molecule has 29 heavy (non-hydrogen) atoms. The Hall–Kier alpha value is -1.55. The molecule has 1 aromatic rings. The highest BCUT2D eigenvalue weighted by Gasteiger charge is 2.30. The highest BCUT2D eigenvalue weighted by Crippen LogP contribution is 2.39. The van der Waals surface area contributed by atoms with E-state index in [4.69, 9.17) is 9.84 Å². The van der Waals surface area contributed by atoms with Crippen molar-refractivity contribution in [2.24, 2.45) is 11.3 Å². The average molecular weight is 402 g/mol. The molecule has 0 amide bonds. The molecule has 1 saturated carbocycles. The first-order valence-corrected chi connectivity index (χ1v) is 11.5. The predicted molar refractivity (Wildman–Crippen MR) is 118 cm³/mol. The van der Waals surface area contributed by atoms with Crippen LogP contribution in [-0.2, 0) is 4.79 Å². The summed E-state index contributed by atoms with van der Waals surface area (Å²) in [6.07, 6.45) is 8.60. The molecular formula is C25H39NO3. The van der Waals surface area contributed by atoms with Gasteiger partial charge in [0.25, 0.3) is 0 Å². The molecule has 1 aliphatic carbocycles. The van der Waals surface area contributed by atoms with Gasteiger partial charge in [-0.1, -0.05) is 32.9 Å². The summed E-state index contributed by atoms with van der Waals surface area (Å²) in [5.41, 5.74) is 1.83. The Labute approximate surface area is 176 Å². The summed E-state index contributed by atoms with van der Waals surface area (Å²) in [4.78, 5) is 13.1. The second-order valence-corrected chi connectivity index (χ2v) is 10.1. The number of carboxylic acids is 1. The molecule has 0 spiro atoms. The van der Waals surface area contributed by atoms with E-state index < -0.39 is 5.97 Å². The van der Waals surface area contributed by atoms with Crippen LogP contribution in [-0.4, -0.2) is 41.7 Å². The predicted octanol–water partition coefficient (Wildman–Crippen LogP) is 5.71. The molecule has 1 N–H and O–H groups in total. The van der Waals surface area contributed by atoms with Gasteiger partial charge in [0, 0.05) is 6.42 Å². The first-order chi connectivity index (χ1) is 13.8. The van der Waals surface area contributed by atoms with Crippen LogP contribution in [0.25, 0.3) is 0 Å². The van der Waals surface area contributed by atoms with E-state index in [1.165, 1.54) is 31.2 Å². The van der Waals surface area contributed by atoms with Crippen molar-refractivity contribution in [3.05, 3.63) is 29.8 Å². The third kappa shape index (κ3) is 6.74. The largest absolute Gasteiger partial charge is 0.490 e. The molecule has 0 aromatic heterocycles. The second-order valence-electron chi connectivity index (χ2n) is 10.1. The number of benzene rings is 1. The number of hydrogen-bond donors (Lipinski definition) is 1. The van der Waals surface area contributed by atoms with E-state index in [2.05, 4.69) is 49.9 Å². The van der Waals surface area contributed by atoms with Gasteiger partial charge in [-0.15, -0.1) is 0 Å². The van der Waals surface area contributed by atoms with Crippen LogP contribution in [0.4, 0.5) is 0 Å². The van der Waals surface area contributed by atoms with E-state index in [0.717, 1.165) is 50.6 Å². The molecule has 3 rings (SSSR count). The minimum Gasteiger partial charge on any atom is -0.490 e. The topological polar surface area (TPSA) is 49.8 Å². The van der Waals surface area contributed by atoms with Gasteiger partial charge in [0.2, 0.25) is 0 Å². The summed E-state index contributed by atoms with van der Waals surface area (Å²) in [6, 6.07) is 8.82. The Morgan fingerprint density at radius 3 is 2.21 bits per heavy atom. The van der Waals surface area contributed by atoms with Crippen LogP contribution in [0.5, 0.6) is 5.75 Å². The molecule has 0 unspecified atom stereocenters. The zero-order valence-electron chi connectivity index (χ0n) is 18.5. The number of piperidine rings is 1. The van der Waals surface area contributed by atoms with Crippen LogP contribution in [0.1, 0.15) is 83.6 Å². The summed E-state index contributed by atoms with van der Waals surface area (Å²) in [5.74, 6) is 1.75. The van der Waals surface area contributed by atoms with Gasteiger partial charge in [-0.2, -0.15) is 0 Å². The molecule has 2 fully saturated rings. The standard InChI is InChI=1S/C25H39NO3/c1-25(2,3)21-8-12-23(13-9-21)29-22-10-6-19(7-11-22)20-14-17-26(18-15-20)16-4-5-24(27)28/h6-7,10-11,20-21,23H,4-5,8-9,12-18H2,1-3H3,(H,27,28)/t21-,23-. The fourth-order valence-corrected chi connectivity index (χ4v) is 5.00. The average Bonchev–Trinajstić information content (AvgIpc) is 2.69. The highest BCUT2D eigenvalue weighted by atomic mass is 16.5. The molecule has 1 aromatic carbocycles. The molecule has 4 nitrogen and oxygen atoms in total. The Bertz CT molecular complexity index is 633. The van der Waals surface area contributed by atoms with Gasteiger partial charge in [0.15, 0.2) is 0 Å². The van der Waals surface area contributed by atoms with E-state index in [-0.39, 0.29) is 6.42 Å². The monoisotopic (exact) mass is 401 g/mol. The minimum absolute atomic E-state index is 0.277. The second kappa shape index (κ2) is 9.97. The van der Waals surface area contributed by atoms with Gasteiger partial charge in [-0.25, -0.2) is 0 Å². The van der Waals surface area contributed by atoms with E-state index in [1.807, 2.05) is 0 Å². The number of carboxylic acid groups (broad SMARTS) is 1. The smallest absolute Gasteiger partial charge is 0.303 e. The highest BCUT2D eigenvalue weighted by molar-refractivity contribution is 5.66. The minimum atomic E-state index is -0.690. The quantitative estimate of drug-likeness (QED) is 0.635. The molecule has 162 valence electrons. The van der Waals surface area contributed by atoms with Crippen LogP contribution in [0.3, 0.4) is 0 Å². The van der Waals surface area contributed by atoms with Gasteiger partial charge in [0.1, 0.15) is 5.75 Å². The number of aliphatic carboxylic acids is 1. The van der Waals surface area contributed by atoms with Crippen molar-refractivity contribution in [1.82, 2.24) is 4.90 Å². The van der Waals surface area contributed by atoms with Crippen LogP contribution < -0.4 is 4.74 Å². The van der Waals surface area contributed by atoms with Crippen LogP contribution in [0, 0.1) is 11.3 Å². The maximum absolute atomic E-state index is 10.7. The zero-order chi connectivity index (χ0) is 20.9. The first-order valence-electron chi connectivity index (χ1n) is 11.5. The molecule has 1 heterocycles. The van der Waals surface area contributed by atoms with Crippen LogP contribution in [0.15, 0.2) is 24.3 Å². The number of rotatable bonds is 7. The third-order valence-electron chi connectivity index (χ3n) is 7.01. The number of ether oxygens (including phenoxy) is 1. The van der Waals surface area contributed by atoms with E-state index in [9.17, 15) is 4.79 Å². The maximum atomic E-state index is 10.7.